The number of hydrogen-bond donors (Lipinski definition) is 1. The molecule has 0 spiro atoms. The summed E-state index contributed by atoms with van der Waals surface area (Å²) in [6.45, 7) is 2.31. The molecule has 3 heterocycles. The van der Waals surface area contributed by atoms with Crippen LogP contribution in [0.15, 0.2) is 59.1 Å². The van der Waals surface area contributed by atoms with Crippen LogP contribution in [0.1, 0.15) is 42.6 Å². The predicted octanol–water partition coefficient (Wildman–Crippen LogP) is 3.90. The molecule has 5 rings (SSSR count). The molecular weight excluding hydrogens is 432 g/mol. The number of methoxy groups -OCH3 is 1. The summed E-state index contributed by atoms with van der Waals surface area (Å²) in [5, 5.41) is 14.1. The van der Waals surface area contributed by atoms with Gasteiger partial charge in [0.25, 0.3) is 0 Å². The lowest BCUT2D eigenvalue weighted by Crippen LogP contribution is -2.51. The molecule has 1 aromatic heterocycles. The van der Waals surface area contributed by atoms with Crippen molar-refractivity contribution in [2.45, 2.75) is 37.2 Å². The van der Waals surface area contributed by atoms with Gasteiger partial charge in [-0.15, -0.1) is 0 Å². The summed E-state index contributed by atoms with van der Waals surface area (Å²) in [4.78, 5) is 21.9. The third-order valence-electron chi connectivity index (χ3n) is 6.87. The van der Waals surface area contributed by atoms with E-state index in [0.29, 0.717) is 50.7 Å². The molecule has 0 radical (unpaired) electrons. The number of nitrogens with zero attached hydrogens (tertiary/aromatic N) is 4. The van der Waals surface area contributed by atoms with E-state index in [-0.39, 0.29) is 24.0 Å². The largest absolute Gasteiger partial charge is 0.497 e. The van der Waals surface area contributed by atoms with E-state index in [1.54, 1.807) is 7.11 Å². The Morgan fingerprint density at radius 3 is 2.41 bits per heavy atom. The molecule has 0 aliphatic carbocycles. The van der Waals surface area contributed by atoms with E-state index in [9.17, 15) is 9.90 Å². The zero-order chi connectivity index (χ0) is 23.5. The van der Waals surface area contributed by atoms with Gasteiger partial charge in [0.2, 0.25) is 11.7 Å². The Kier molecular flexibility index (Phi) is 6.49. The highest BCUT2D eigenvalue weighted by Crippen LogP contribution is 2.37. The second-order valence-electron chi connectivity index (χ2n) is 9.13. The van der Waals surface area contributed by atoms with Gasteiger partial charge in [-0.1, -0.05) is 47.6 Å². The van der Waals surface area contributed by atoms with E-state index >= 15 is 0 Å². The quantitative estimate of drug-likeness (QED) is 0.632. The van der Waals surface area contributed by atoms with Gasteiger partial charge in [-0.2, -0.15) is 4.98 Å². The lowest BCUT2D eigenvalue weighted by atomic mass is 9.84. The minimum Gasteiger partial charge on any atom is -0.497 e. The van der Waals surface area contributed by atoms with Crippen LogP contribution >= 0.6 is 0 Å². The number of carbonyl (C=O) groups is 1. The number of piperidine rings is 2. The third-order valence-corrected chi connectivity index (χ3v) is 6.87. The van der Waals surface area contributed by atoms with Gasteiger partial charge < -0.3 is 24.2 Å². The first kappa shape index (κ1) is 22.4. The Balaban J connectivity index is 1.40. The standard InChI is InChI=1S/C26H30N4O4/c1-33-23-9-7-18(8-10-23)20-15-21(25-27-24(28-34-25)19-5-3-2-4-6-19)17-30(16-20)26(32)29-13-11-22(31)12-14-29/h2-10,20-22,31H,11-17H2,1H3/t20-,21+/m1/s1. The van der Waals surface area contributed by atoms with E-state index in [1.807, 2.05) is 52.3 Å². The molecule has 2 aliphatic rings. The average Bonchev–Trinajstić information content (AvgIpc) is 3.40. The van der Waals surface area contributed by atoms with Crippen LogP contribution in [0.3, 0.4) is 0 Å². The maximum Gasteiger partial charge on any atom is 0.320 e. The van der Waals surface area contributed by atoms with E-state index in [2.05, 4.69) is 17.3 Å². The van der Waals surface area contributed by atoms with Crippen molar-refractivity contribution in [2.24, 2.45) is 0 Å². The van der Waals surface area contributed by atoms with Gasteiger partial charge >= 0.3 is 6.03 Å². The molecule has 2 saturated heterocycles. The van der Waals surface area contributed by atoms with Crippen molar-refractivity contribution in [3.63, 3.8) is 0 Å². The van der Waals surface area contributed by atoms with Crippen LogP contribution in [0.25, 0.3) is 11.4 Å². The molecule has 34 heavy (non-hydrogen) atoms. The normalized spacial score (nSPS) is 21.5. The SMILES string of the molecule is COc1ccc([C@@H]2C[C@H](c3nc(-c4ccccc4)no3)CN(C(=O)N3CCC(O)CC3)C2)cc1. The Hall–Kier alpha value is -3.39. The number of aliphatic hydroxyl groups excluding tert-OH is 1. The first-order valence-electron chi connectivity index (χ1n) is 11.9. The minimum absolute atomic E-state index is 0.0120. The molecule has 2 amide bonds. The Morgan fingerprint density at radius 1 is 1.00 bits per heavy atom. The van der Waals surface area contributed by atoms with Crippen molar-refractivity contribution in [3.05, 3.63) is 66.1 Å². The maximum absolute atomic E-state index is 13.4. The Labute approximate surface area is 199 Å². The monoisotopic (exact) mass is 462 g/mol. The minimum atomic E-state index is -0.319. The van der Waals surface area contributed by atoms with Crippen LogP contribution in [0.5, 0.6) is 5.75 Å². The first-order valence-corrected chi connectivity index (χ1v) is 11.9. The fourth-order valence-electron chi connectivity index (χ4n) is 4.91. The number of ether oxygens (including phenoxy) is 1. The first-order chi connectivity index (χ1) is 16.6. The molecule has 0 unspecified atom stereocenters. The smallest absolute Gasteiger partial charge is 0.320 e. The van der Waals surface area contributed by atoms with Crippen molar-refractivity contribution in [2.75, 3.05) is 33.3 Å². The number of rotatable bonds is 4. The summed E-state index contributed by atoms with van der Waals surface area (Å²) in [6.07, 6.45) is 1.73. The number of hydrogen-bond acceptors (Lipinski definition) is 6. The number of carbonyl (C=O) groups excluding carboxylic acids is 1. The van der Waals surface area contributed by atoms with Crippen LogP contribution in [-0.4, -0.2) is 70.5 Å². The Bertz CT molecular complexity index is 1090. The molecule has 8 heteroatoms. The molecule has 2 fully saturated rings. The number of aliphatic hydroxyl groups is 1. The van der Waals surface area contributed by atoms with Crippen molar-refractivity contribution in [1.29, 1.82) is 0 Å². The van der Waals surface area contributed by atoms with Gasteiger partial charge in [-0.25, -0.2) is 4.79 Å². The van der Waals surface area contributed by atoms with Gasteiger partial charge in [0.05, 0.1) is 19.1 Å². The van der Waals surface area contributed by atoms with Gasteiger partial charge in [-0.05, 0) is 37.0 Å². The summed E-state index contributed by atoms with van der Waals surface area (Å²) in [5.41, 5.74) is 2.06. The molecule has 0 saturated carbocycles. The van der Waals surface area contributed by atoms with Crippen LogP contribution < -0.4 is 4.74 Å². The van der Waals surface area contributed by atoms with Gasteiger partial charge in [0.15, 0.2) is 0 Å². The highest BCUT2D eigenvalue weighted by Gasteiger charge is 2.37. The zero-order valence-corrected chi connectivity index (χ0v) is 19.3. The molecule has 8 nitrogen and oxygen atoms in total. The zero-order valence-electron chi connectivity index (χ0n) is 19.3. The Morgan fingerprint density at radius 2 is 1.71 bits per heavy atom. The van der Waals surface area contributed by atoms with Gasteiger partial charge in [0.1, 0.15) is 5.75 Å². The number of amides is 2. The molecule has 2 aliphatic heterocycles. The fraction of sp³-hybridized carbons (Fsp3) is 0.423. The highest BCUT2D eigenvalue weighted by molar-refractivity contribution is 5.75. The molecule has 3 aromatic rings. The lowest BCUT2D eigenvalue weighted by Gasteiger charge is -2.40. The van der Waals surface area contributed by atoms with Crippen molar-refractivity contribution >= 4 is 6.03 Å². The number of benzene rings is 2. The average molecular weight is 463 g/mol. The highest BCUT2D eigenvalue weighted by atomic mass is 16.5. The summed E-state index contributed by atoms with van der Waals surface area (Å²) in [7, 11) is 1.65. The summed E-state index contributed by atoms with van der Waals surface area (Å²) >= 11 is 0. The van der Waals surface area contributed by atoms with Crippen molar-refractivity contribution in [1.82, 2.24) is 19.9 Å². The van der Waals surface area contributed by atoms with Crippen LogP contribution in [0.4, 0.5) is 4.79 Å². The van der Waals surface area contributed by atoms with Crippen molar-refractivity contribution < 1.29 is 19.2 Å². The summed E-state index contributed by atoms with van der Waals surface area (Å²) in [6, 6.07) is 17.8. The van der Waals surface area contributed by atoms with Gasteiger partial charge in [-0.3, -0.25) is 0 Å². The predicted molar refractivity (Wildman–Crippen MR) is 127 cm³/mol. The summed E-state index contributed by atoms with van der Waals surface area (Å²) < 4.78 is 11.0. The molecule has 178 valence electrons. The summed E-state index contributed by atoms with van der Waals surface area (Å²) in [5.74, 6) is 2.00. The van der Waals surface area contributed by atoms with Crippen LogP contribution in [-0.2, 0) is 0 Å². The van der Waals surface area contributed by atoms with E-state index in [4.69, 9.17) is 14.2 Å². The molecule has 1 N–H and O–H groups in total. The van der Waals surface area contributed by atoms with E-state index < -0.39 is 0 Å². The number of likely N-dealkylation sites (tertiary alicyclic amines) is 2. The van der Waals surface area contributed by atoms with Gasteiger partial charge in [0, 0.05) is 37.7 Å². The van der Waals surface area contributed by atoms with Crippen LogP contribution in [0, 0.1) is 0 Å². The van der Waals surface area contributed by atoms with E-state index in [0.717, 1.165) is 23.3 Å². The fourth-order valence-corrected chi connectivity index (χ4v) is 4.91. The molecular formula is C26H30N4O4. The van der Waals surface area contributed by atoms with Crippen molar-refractivity contribution in [3.8, 4) is 17.1 Å². The third kappa shape index (κ3) is 4.77. The lowest BCUT2D eigenvalue weighted by molar-refractivity contribution is 0.0744. The topological polar surface area (TPSA) is 91.9 Å². The van der Waals surface area contributed by atoms with E-state index in [1.165, 1.54) is 0 Å². The number of urea groups is 1. The molecule has 2 atom stereocenters. The second kappa shape index (κ2) is 9.85. The maximum atomic E-state index is 13.4. The molecule has 2 aromatic carbocycles. The number of aromatic nitrogens is 2. The molecule has 0 bridgehead atoms. The van der Waals surface area contributed by atoms with Crippen LogP contribution in [0.2, 0.25) is 0 Å². The second-order valence-corrected chi connectivity index (χ2v) is 9.13.